The normalized spacial score (nSPS) is 13.7. The molecule has 0 atom stereocenters. The molecule has 1 amide bonds. The van der Waals surface area contributed by atoms with Crippen molar-refractivity contribution >= 4 is 11.6 Å². The smallest absolute Gasteiger partial charge is 0.279 e. The van der Waals surface area contributed by atoms with Crippen molar-refractivity contribution in [3.05, 3.63) is 40.7 Å². The SMILES string of the molecule is Cc1cc(C)c2c(c1)N(C(=O)c1cc(C)n(CCO)n1)CCO2. The number of ether oxygens (including phenoxy) is 1. The summed E-state index contributed by atoms with van der Waals surface area (Å²) in [5, 5.41) is 13.4. The summed E-state index contributed by atoms with van der Waals surface area (Å²) in [7, 11) is 0. The van der Waals surface area contributed by atoms with E-state index in [-0.39, 0.29) is 12.5 Å². The fraction of sp³-hybridized carbons (Fsp3) is 0.412. The van der Waals surface area contributed by atoms with Crippen LogP contribution >= 0.6 is 0 Å². The van der Waals surface area contributed by atoms with Gasteiger partial charge in [0.05, 0.1) is 25.4 Å². The first-order valence-corrected chi connectivity index (χ1v) is 7.72. The molecule has 2 heterocycles. The van der Waals surface area contributed by atoms with Crippen LogP contribution in [0.25, 0.3) is 0 Å². The number of carbonyl (C=O) groups is 1. The summed E-state index contributed by atoms with van der Waals surface area (Å²) in [6, 6.07) is 5.78. The Morgan fingerprint density at radius 2 is 2.09 bits per heavy atom. The Bertz CT molecular complexity index is 752. The minimum absolute atomic E-state index is 0.00503. The first kappa shape index (κ1) is 15.6. The van der Waals surface area contributed by atoms with E-state index in [0.29, 0.717) is 25.4 Å². The van der Waals surface area contributed by atoms with E-state index in [1.165, 1.54) is 0 Å². The van der Waals surface area contributed by atoms with Gasteiger partial charge in [0, 0.05) is 5.69 Å². The van der Waals surface area contributed by atoms with Crippen LogP contribution in [-0.4, -0.2) is 40.6 Å². The molecule has 0 fully saturated rings. The number of aliphatic hydroxyl groups excluding tert-OH is 1. The van der Waals surface area contributed by atoms with Gasteiger partial charge < -0.3 is 14.7 Å². The zero-order chi connectivity index (χ0) is 16.6. The number of carbonyl (C=O) groups excluding carboxylic acids is 1. The van der Waals surface area contributed by atoms with E-state index in [1.807, 2.05) is 32.9 Å². The molecule has 0 unspecified atom stereocenters. The van der Waals surface area contributed by atoms with Gasteiger partial charge in [-0.1, -0.05) is 6.07 Å². The summed E-state index contributed by atoms with van der Waals surface area (Å²) < 4.78 is 7.39. The lowest BCUT2D eigenvalue weighted by atomic mass is 10.1. The molecule has 0 aliphatic carbocycles. The number of fused-ring (bicyclic) bond motifs is 1. The number of hydrogen-bond acceptors (Lipinski definition) is 4. The van der Waals surface area contributed by atoms with Gasteiger partial charge in [0.2, 0.25) is 0 Å². The highest BCUT2D eigenvalue weighted by Gasteiger charge is 2.27. The molecule has 23 heavy (non-hydrogen) atoms. The highest BCUT2D eigenvalue weighted by Crippen LogP contribution is 2.36. The first-order valence-electron chi connectivity index (χ1n) is 7.72. The Kier molecular flexibility index (Phi) is 4.09. The van der Waals surface area contributed by atoms with Crippen molar-refractivity contribution in [3.63, 3.8) is 0 Å². The van der Waals surface area contributed by atoms with Gasteiger partial charge in [0.15, 0.2) is 5.69 Å². The van der Waals surface area contributed by atoms with Crippen molar-refractivity contribution in [2.24, 2.45) is 0 Å². The highest BCUT2D eigenvalue weighted by molar-refractivity contribution is 6.06. The number of hydrogen-bond donors (Lipinski definition) is 1. The number of aliphatic hydroxyl groups is 1. The van der Waals surface area contributed by atoms with Gasteiger partial charge in [0.25, 0.3) is 5.91 Å². The van der Waals surface area contributed by atoms with Crippen LogP contribution in [0.1, 0.15) is 27.3 Å². The van der Waals surface area contributed by atoms with Crippen LogP contribution in [-0.2, 0) is 6.54 Å². The molecule has 0 radical (unpaired) electrons. The molecule has 1 aliphatic heterocycles. The highest BCUT2D eigenvalue weighted by atomic mass is 16.5. The average Bonchev–Trinajstić information content (AvgIpc) is 2.87. The third-order valence-corrected chi connectivity index (χ3v) is 4.01. The number of aromatic nitrogens is 2. The summed E-state index contributed by atoms with van der Waals surface area (Å²) in [4.78, 5) is 14.6. The Labute approximate surface area is 135 Å². The zero-order valence-electron chi connectivity index (χ0n) is 13.7. The van der Waals surface area contributed by atoms with E-state index in [2.05, 4.69) is 5.10 Å². The zero-order valence-corrected chi connectivity index (χ0v) is 13.7. The number of amides is 1. The standard InChI is InChI=1S/C17H21N3O3/c1-11-8-12(2)16-15(9-11)19(5-7-23-16)17(22)14-10-13(3)20(18-14)4-6-21/h8-10,21H,4-7H2,1-3H3. The van der Waals surface area contributed by atoms with Crippen LogP contribution < -0.4 is 9.64 Å². The summed E-state index contributed by atoms with van der Waals surface area (Å²) in [5.74, 6) is 0.626. The van der Waals surface area contributed by atoms with Gasteiger partial charge in [-0.15, -0.1) is 0 Å². The predicted molar refractivity (Wildman–Crippen MR) is 87.1 cm³/mol. The van der Waals surface area contributed by atoms with E-state index in [9.17, 15) is 4.79 Å². The quantitative estimate of drug-likeness (QED) is 0.938. The molecule has 0 bridgehead atoms. The molecule has 0 spiro atoms. The lowest BCUT2D eigenvalue weighted by Gasteiger charge is -2.30. The molecule has 1 aliphatic rings. The Balaban J connectivity index is 1.97. The third-order valence-electron chi connectivity index (χ3n) is 4.01. The molecule has 2 aromatic rings. The fourth-order valence-electron chi connectivity index (χ4n) is 2.96. The largest absolute Gasteiger partial charge is 0.489 e. The van der Waals surface area contributed by atoms with Gasteiger partial charge in [-0.2, -0.15) is 5.10 Å². The van der Waals surface area contributed by atoms with E-state index in [4.69, 9.17) is 9.84 Å². The van der Waals surface area contributed by atoms with Crippen molar-refractivity contribution in [2.75, 3.05) is 24.7 Å². The number of rotatable bonds is 3. The Morgan fingerprint density at radius 1 is 1.30 bits per heavy atom. The summed E-state index contributed by atoms with van der Waals surface area (Å²) in [6.45, 7) is 7.22. The van der Waals surface area contributed by atoms with Gasteiger partial charge in [-0.05, 0) is 44.0 Å². The summed E-state index contributed by atoms with van der Waals surface area (Å²) in [6.07, 6.45) is 0. The number of aryl methyl sites for hydroxylation is 3. The average molecular weight is 315 g/mol. The maximum absolute atomic E-state index is 12.9. The summed E-state index contributed by atoms with van der Waals surface area (Å²) >= 11 is 0. The molecule has 1 aromatic heterocycles. The second kappa shape index (κ2) is 6.04. The van der Waals surface area contributed by atoms with Crippen molar-refractivity contribution in [1.82, 2.24) is 9.78 Å². The number of nitrogens with zero attached hydrogens (tertiary/aromatic N) is 3. The second-order valence-corrected chi connectivity index (χ2v) is 5.85. The predicted octanol–water partition coefficient (Wildman–Crippen LogP) is 1.84. The van der Waals surface area contributed by atoms with Crippen molar-refractivity contribution in [1.29, 1.82) is 0 Å². The van der Waals surface area contributed by atoms with Gasteiger partial charge >= 0.3 is 0 Å². The van der Waals surface area contributed by atoms with E-state index in [1.54, 1.807) is 15.6 Å². The maximum Gasteiger partial charge on any atom is 0.279 e. The minimum Gasteiger partial charge on any atom is -0.489 e. The Hall–Kier alpha value is -2.34. The molecule has 3 rings (SSSR count). The minimum atomic E-state index is -0.140. The van der Waals surface area contributed by atoms with Gasteiger partial charge in [0.1, 0.15) is 12.4 Å². The molecule has 0 saturated heterocycles. The van der Waals surface area contributed by atoms with Crippen LogP contribution in [0, 0.1) is 20.8 Å². The second-order valence-electron chi connectivity index (χ2n) is 5.85. The molecule has 6 heteroatoms. The van der Waals surface area contributed by atoms with Crippen molar-refractivity contribution in [3.8, 4) is 5.75 Å². The van der Waals surface area contributed by atoms with Gasteiger partial charge in [-0.25, -0.2) is 0 Å². The molecular weight excluding hydrogens is 294 g/mol. The molecule has 0 saturated carbocycles. The number of benzene rings is 1. The molecular formula is C17H21N3O3. The monoisotopic (exact) mass is 315 g/mol. The third kappa shape index (κ3) is 2.82. The molecule has 1 N–H and O–H groups in total. The van der Waals surface area contributed by atoms with E-state index in [0.717, 1.165) is 28.3 Å². The van der Waals surface area contributed by atoms with Crippen LogP contribution in [0.2, 0.25) is 0 Å². The Morgan fingerprint density at radius 3 is 2.83 bits per heavy atom. The topological polar surface area (TPSA) is 67.6 Å². The lowest BCUT2D eigenvalue weighted by Crippen LogP contribution is -2.38. The number of anilines is 1. The molecule has 6 nitrogen and oxygen atoms in total. The van der Waals surface area contributed by atoms with Crippen LogP contribution in [0.3, 0.4) is 0 Å². The van der Waals surface area contributed by atoms with Crippen LogP contribution in [0.4, 0.5) is 5.69 Å². The summed E-state index contributed by atoms with van der Waals surface area (Å²) in [5.41, 5.74) is 4.17. The molecule has 122 valence electrons. The van der Waals surface area contributed by atoms with Crippen molar-refractivity contribution in [2.45, 2.75) is 27.3 Å². The van der Waals surface area contributed by atoms with Gasteiger partial charge in [-0.3, -0.25) is 9.48 Å². The van der Waals surface area contributed by atoms with Crippen LogP contribution in [0.5, 0.6) is 5.75 Å². The van der Waals surface area contributed by atoms with E-state index >= 15 is 0 Å². The van der Waals surface area contributed by atoms with Crippen LogP contribution in [0.15, 0.2) is 18.2 Å². The molecule has 1 aromatic carbocycles. The lowest BCUT2D eigenvalue weighted by molar-refractivity contribution is 0.0970. The maximum atomic E-state index is 12.9. The van der Waals surface area contributed by atoms with Crippen molar-refractivity contribution < 1.29 is 14.6 Å². The fourth-order valence-corrected chi connectivity index (χ4v) is 2.96. The first-order chi connectivity index (χ1) is 11.0. The van der Waals surface area contributed by atoms with E-state index < -0.39 is 0 Å².